The molecule has 0 heterocycles. The van der Waals surface area contributed by atoms with Gasteiger partial charge in [0.25, 0.3) is 0 Å². The Morgan fingerprint density at radius 2 is 2.05 bits per heavy atom. The summed E-state index contributed by atoms with van der Waals surface area (Å²) in [5, 5.41) is 14.0. The molecule has 0 fully saturated rings. The Bertz CT molecular complexity index is 521. The summed E-state index contributed by atoms with van der Waals surface area (Å²) in [6, 6.07) is 4.78. The summed E-state index contributed by atoms with van der Waals surface area (Å²) >= 11 is 5.79. The van der Waals surface area contributed by atoms with Gasteiger partial charge in [0.2, 0.25) is 5.91 Å². The average molecular weight is 300 g/mol. The van der Waals surface area contributed by atoms with Crippen LogP contribution in [0.25, 0.3) is 0 Å². The van der Waals surface area contributed by atoms with Gasteiger partial charge in [0.1, 0.15) is 6.04 Å². The number of urea groups is 1. The SMILES string of the molecule is NC(=O)CC(NC(=O)NCc1cccc(Cl)c1)C(=O)O. The summed E-state index contributed by atoms with van der Waals surface area (Å²) in [6.45, 7) is 0.176. The summed E-state index contributed by atoms with van der Waals surface area (Å²) in [5.41, 5.74) is 5.66. The van der Waals surface area contributed by atoms with E-state index in [1.54, 1.807) is 24.3 Å². The van der Waals surface area contributed by atoms with Crippen molar-refractivity contribution in [2.45, 2.75) is 19.0 Å². The van der Waals surface area contributed by atoms with Gasteiger partial charge < -0.3 is 21.5 Å². The number of primary amides is 1. The van der Waals surface area contributed by atoms with Gasteiger partial charge in [-0.1, -0.05) is 23.7 Å². The molecule has 1 atom stereocenters. The lowest BCUT2D eigenvalue weighted by atomic mass is 10.2. The Labute approximate surface area is 120 Å². The van der Waals surface area contributed by atoms with E-state index in [-0.39, 0.29) is 6.54 Å². The minimum atomic E-state index is -1.35. The Morgan fingerprint density at radius 1 is 1.35 bits per heavy atom. The monoisotopic (exact) mass is 299 g/mol. The topological polar surface area (TPSA) is 122 Å². The van der Waals surface area contributed by atoms with Crippen LogP contribution in [0.2, 0.25) is 5.02 Å². The third-order valence-corrected chi connectivity index (χ3v) is 2.59. The lowest BCUT2D eigenvalue weighted by molar-refractivity contribution is -0.140. The summed E-state index contributed by atoms with van der Waals surface area (Å²) in [4.78, 5) is 33.0. The number of nitrogens with two attached hydrogens (primary N) is 1. The minimum Gasteiger partial charge on any atom is -0.480 e. The summed E-state index contributed by atoms with van der Waals surface area (Å²) in [7, 11) is 0. The maximum atomic E-state index is 11.5. The second-order valence-electron chi connectivity index (χ2n) is 4.02. The average Bonchev–Trinajstić information content (AvgIpc) is 2.35. The molecule has 0 bridgehead atoms. The molecular weight excluding hydrogens is 286 g/mol. The first-order valence-electron chi connectivity index (χ1n) is 5.68. The number of amides is 3. The Hall–Kier alpha value is -2.28. The predicted octanol–water partition coefficient (Wildman–Crippen LogP) is 0.468. The van der Waals surface area contributed by atoms with Crippen LogP contribution < -0.4 is 16.4 Å². The van der Waals surface area contributed by atoms with Crippen LogP contribution in [0.1, 0.15) is 12.0 Å². The van der Waals surface area contributed by atoms with Crippen LogP contribution in [-0.2, 0) is 16.1 Å². The molecule has 7 nitrogen and oxygen atoms in total. The van der Waals surface area contributed by atoms with Crippen molar-refractivity contribution in [3.8, 4) is 0 Å². The number of rotatable bonds is 6. The number of aliphatic carboxylic acids is 1. The zero-order chi connectivity index (χ0) is 15.1. The molecule has 3 amide bonds. The lowest BCUT2D eigenvalue weighted by Gasteiger charge is -2.13. The second-order valence-corrected chi connectivity index (χ2v) is 4.45. The Morgan fingerprint density at radius 3 is 2.60 bits per heavy atom. The molecular formula is C12H14ClN3O4. The molecule has 20 heavy (non-hydrogen) atoms. The fourth-order valence-electron chi connectivity index (χ4n) is 1.44. The first-order valence-corrected chi connectivity index (χ1v) is 6.06. The highest BCUT2D eigenvalue weighted by Crippen LogP contribution is 2.10. The maximum Gasteiger partial charge on any atom is 0.326 e. The first kappa shape index (κ1) is 15.8. The van der Waals surface area contributed by atoms with E-state index in [9.17, 15) is 14.4 Å². The van der Waals surface area contributed by atoms with Crippen LogP contribution in [0.4, 0.5) is 4.79 Å². The number of hydrogen-bond acceptors (Lipinski definition) is 3. The smallest absolute Gasteiger partial charge is 0.326 e. The molecule has 0 aromatic heterocycles. The molecule has 108 valence electrons. The molecule has 0 aliphatic rings. The van der Waals surface area contributed by atoms with Crippen molar-refractivity contribution >= 4 is 29.5 Å². The number of hydrogen-bond donors (Lipinski definition) is 4. The molecule has 0 aliphatic heterocycles. The molecule has 0 saturated carbocycles. The maximum absolute atomic E-state index is 11.5. The molecule has 1 aromatic carbocycles. The number of carboxylic acids is 1. The van der Waals surface area contributed by atoms with Crippen molar-refractivity contribution < 1.29 is 19.5 Å². The molecule has 0 aliphatic carbocycles. The third-order valence-electron chi connectivity index (χ3n) is 2.35. The minimum absolute atomic E-state index is 0.176. The zero-order valence-corrected chi connectivity index (χ0v) is 11.2. The van der Waals surface area contributed by atoms with Crippen LogP contribution in [0.15, 0.2) is 24.3 Å². The summed E-state index contributed by atoms with van der Waals surface area (Å²) in [5.74, 6) is -2.14. The highest BCUT2D eigenvalue weighted by atomic mass is 35.5. The number of halogens is 1. The van der Waals surface area contributed by atoms with E-state index in [1.807, 2.05) is 0 Å². The highest BCUT2D eigenvalue weighted by Gasteiger charge is 2.21. The van der Waals surface area contributed by atoms with E-state index < -0.39 is 30.4 Å². The number of carbonyl (C=O) groups is 3. The van der Waals surface area contributed by atoms with E-state index in [0.29, 0.717) is 5.02 Å². The lowest BCUT2D eigenvalue weighted by Crippen LogP contribution is -2.47. The van der Waals surface area contributed by atoms with E-state index in [0.717, 1.165) is 5.56 Å². The molecule has 5 N–H and O–H groups in total. The molecule has 0 saturated heterocycles. The van der Waals surface area contributed by atoms with Crippen molar-refractivity contribution in [2.24, 2.45) is 5.73 Å². The standard InChI is InChI=1S/C12H14ClN3O4/c13-8-3-1-2-7(4-8)6-15-12(20)16-9(11(18)19)5-10(14)17/h1-4,9H,5-6H2,(H2,14,17)(H,18,19)(H2,15,16,20). The molecule has 1 aromatic rings. The van der Waals surface area contributed by atoms with Crippen LogP contribution >= 0.6 is 11.6 Å². The van der Waals surface area contributed by atoms with Gasteiger partial charge in [-0.3, -0.25) is 4.79 Å². The van der Waals surface area contributed by atoms with Crippen molar-refractivity contribution in [1.29, 1.82) is 0 Å². The van der Waals surface area contributed by atoms with E-state index in [1.165, 1.54) is 0 Å². The number of benzene rings is 1. The molecule has 0 radical (unpaired) electrons. The van der Waals surface area contributed by atoms with E-state index in [2.05, 4.69) is 10.6 Å². The third kappa shape index (κ3) is 5.57. The van der Waals surface area contributed by atoms with Crippen molar-refractivity contribution in [2.75, 3.05) is 0 Å². The Kier molecular flexibility index (Phi) is 5.79. The quantitative estimate of drug-likeness (QED) is 0.610. The van der Waals surface area contributed by atoms with Gasteiger partial charge in [0.15, 0.2) is 0 Å². The van der Waals surface area contributed by atoms with Gasteiger partial charge in [0.05, 0.1) is 6.42 Å². The fourth-order valence-corrected chi connectivity index (χ4v) is 1.65. The van der Waals surface area contributed by atoms with Crippen LogP contribution in [0.5, 0.6) is 0 Å². The molecule has 1 unspecified atom stereocenters. The van der Waals surface area contributed by atoms with E-state index in [4.69, 9.17) is 22.4 Å². The normalized spacial score (nSPS) is 11.4. The molecule has 0 spiro atoms. The number of nitrogens with one attached hydrogen (secondary N) is 2. The predicted molar refractivity (Wildman–Crippen MR) is 72.1 cm³/mol. The second kappa shape index (κ2) is 7.34. The van der Waals surface area contributed by atoms with Crippen LogP contribution in [0.3, 0.4) is 0 Å². The van der Waals surface area contributed by atoms with Gasteiger partial charge in [-0.25, -0.2) is 9.59 Å². The largest absolute Gasteiger partial charge is 0.480 e. The van der Waals surface area contributed by atoms with E-state index >= 15 is 0 Å². The first-order chi connectivity index (χ1) is 9.38. The highest BCUT2D eigenvalue weighted by molar-refractivity contribution is 6.30. The zero-order valence-electron chi connectivity index (χ0n) is 10.4. The molecule has 1 rings (SSSR count). The molecule has 8 heteroatoms. The van der Waals surface area contributed by atoms with Gasteiger partial charge in [-0.05, 0) is 17.7 Å². The van der Waals surface area contributed by atoms with Crippen molar-refractivity contribution in [1.82, 2.24) is 10.6 Å². The fraction of sp³-hybridized carbons (Fsp3) is 0.250. The van der Waals surface area contributed by atoms with Crippen molar-refractivity contribution in [3.63, 3.8) is 0 Å². The van der Waals surface area contributed by atoms with Gasteiger partial charge in [-0.15, -0.1) is 0 Å². The van der Waals surface area contributed by atoms with Crippen molar-refractivity contribution in [3.05, 3.63) is 34.9 Å². The van der Waals surface area contributed by atoms with Gasteiger partial charge >= 0.3 is 12.0 Å². The summed E-state index contributed by atoms with van der Waals surface area (Å²) in [6.07, 6.45) is -0.472. The Balaban J connectivity index is 2.49. The van der Waals surface area contributed by atoms with Crippen LogP contribution in [-0.4, -0.2) is 29.1 Å². The summed E-state index contributed by atoms with van der Waals surface area (Å²) < 4.78 is 0. The number of carboxylic acid groups (broad SMARTS) is 1. The van der Waals surface area contributed by atoms with Gasteiger partial charge in [0, 0.05) is 11.6 Å². The van der Waals surface area contributed by atoms with Gasteiger partial charge in [-0.2, -0.15) is 0 Å². The van der Waals surface area contributed by atoms with Crippen LogP contribution in [0, 0.1) is 0 Å². The number of carbonyl (C=O) groups excluding carboxylic acids is 2.